The smallest absolute Gasteiger partial charge is 0.255 e. The standard InChI is InChI=1S/C19H24N2O2/c1-13(2)9-10-23-17-6-4-5-15(12-17)19(22)21-18-8-7-16(20)11-14(18)3/h4-8,11-13H,9-10,20H2,1-3H3,(H,21,22). The van der Waals surface area contributed by atoms with Crippen molar-refractivity contribution in [1.82, 2.24) is 0 Å². The molecule has 0 aliphatic carbocycles. The Morgan fingerprint density at radius 2 is 2.00 bits per heavy atom. The third kappa shape index (κ3) is 5.02. The first-order valence-electron chi connectivity index (χ1n) is 7.86. The van der Waals surface area contributed by atoms with E-state index in [-0.39, 0.29) is 5.91 Å². The molecule has 23 heavy (non-hydrogen) atoms. The van der Waals surface area contributed by atoms with Crippen molar-refractivity contribution in [3.63, 3.8) is 0 Å². The van der Waals surface area contributed by atoms with Gasteiger partial charge in [-0.25, -0.2) is 0 Å². The summed E-state index contributed by atoms with van der Waals surface area (Å²) in [6.07, 6.45) is 0.987. The van der Waals surface area contributed by atoms with E-state index >= 15 is 0 Å². The maximum Gasteiger partial charge on any atom is 0.255 e. The number of benzene rings is 2. The molecule has 0 aliphatic rings. The predicted molar refractivity (Wildman–Crippen MR) is 94.9 cm³/mol. The highest BCUT2D eigenvalue weighted by molar-refractivity contribution is 6.04. The Hall–Kier alpha value is -2.49. The molecule has 0 atom stereocenters. The van der Waals surface area contributed by atoms with E-state index < -0.39 is 0 Å². The average molecular weight is 312 g/mol. The zero-order chi connectivity index (χ0) is 16.8. The number of hydrogen-bond acceptors (Lipinski definition) is 3. The molecule has 2 aromatic carbocycles. The predicted octanol–water partition coefficient (Wildman–Crippen LogP) is 4.25. The van der Waals surface area contributed by atoms with Crippen LogP contribution < -0.4 is 15.8 Å². The van der Waals surface area contributed by atoms with Crippen LogP contribution in [-0.4, -0.2) is 12.5 Å². The quantitative estimate of drug-likeness (QED) is 0.784. The number of hydrogen-bond donors (Lipinski definition) is 2. The molecule has 0 fully saturated rings. The third-order valence-electron chi connectivity index (χ3n) is 3.56. The number of amides is 1. The van der Waals surface area contributed by atoms with Crippen molar-refractivity contribution in [1.29, 1.82) is 0 Å². The molecule has 0 radical (unpaired) electrons. The number of nitrogen functional groups attached to an aromatic ring is 1. The van der Waals surface area contributed by atoms with Gasteiger partial charge in [0.15, 0.2) is 0 Å². The van der Waals surface area contributed by atoms with Crippen LogP contribution in [0.5, 0.6) is 5.75 Å². The van der Waals surface area contributed by atoms with Crippen LogP contribution >= 0.6 is 0 Å². The molecule has 0 saturated heterocycles. The van der Waals surface area contributed by atoms with Crippen LogP contribution in [0.25, 0.3) is 0 Å². The Morgan fingerprint density at radius 1 is 1.22 bits per heavy atom. The molecule has 122 valence electrons. The van der Waals surface area contributed by atoms with E-state index in [0.717, 1.165) is 17.7 Å². The normalized spacial score (nSPS) is 10.6. The monoisotopic (exact) mass is 312 g/mol. The average Bonchev–Trinajstić information content (AvgIpc) is 2.50. The first-order valence-corrected chi connectivity index (χ1v) is 7.86. The topological polar surface area (TPSA) is 64.3 Å². The van der Waals surface area contributed by atoms with Gasteiger partial charge in [0, 0.05) is 16.9 Å². The zero-order valence-electron chi connectivity index (χ0n) is 13.9. The number of carbonyl (C=O) groups excluding carboxylic acids is 1. The van der Waals surface area contributed by atoms with Gasteiger partial charge in [-0.2, -0.15) is 0 Å². The highest BCUT2D eigenvalue weighted by Crippen LogP contribution is 2.20. The molecule has 0 unspecified atom stereocenters. The van der Waals surface area contributed by atoms with Gasteiger partial charge in [-0.3, -0.25) is 4.79 Å². The number of nitrogens with two attached hydrogens (primary N) is 1. The summed E-state index contributed by atoms with van der Waals surface area (Å²) >= 11 is 0. The number of aryl methyl sites for hydroxylation is 1. The summed E-state index contributed by atoms with van der Waals surface area (Å²) in [5.74, 6) is 1.15. The number of nitrogens with one attached hydrogen (secondary N) is 1. The summed E-state index contributed by atoms with van der Waals surface area (Å²) in [5.41, 5.74) is 8.67. The van der Waals surface area contributed by atoms with Crippen molar-refractivity contribution < 1.29 is 9.53 Å². The molecule has 2 rings (SSSR count). The molecule has 4 nitrogen and oxygen atoms in total. The molecule has 1 amide bonds. The Labute approximate surface area is 137 Å². The van der Waals surface area contributed by atoms with E-state index in [1.165, 1.54) is 0 Å². The van der Waals surface area contributed by atoms with E-state index in [9.17, 15) is 4.79 Å². The fourth-order valence-corrected chi connectivity index (χ4v) is 2.16. The van der Waals surface area contributed by atoms with Crippen molar-refractivity contribution in [2.75, 3.05) is 17.7 Å². The first-order chi connectivity index (χ1) is 11.0. The van der Waals surface area contributed by atoms with E-state index in [0.29, 0.717) is 29.5 Å². The number of rotatable bonds is 6. The van der Waals surface area contributed by atoms with Crippen molar-refractivity contribution >= 4 is 17.3 Å². The van der Waals surface area contributed by atoms with Crippen molar-refractivity contribution in [2.45, 2.75) is 27.2 Å². The van der Waals surface area contributed by atoms with Gasteiger partial charge >= 0.3 is 0 Å². The molecule has 0 heterocycles. The molecule has 2 aromatic rings. The molecule has 0 aromatic heterocycles. The van der Waals surface area contributed by atoms with Gasteiger partial charge in [0.2, 0.25) is 0 Å². The summed E-state index contributed by atoms with van der Waals surface area (Å²) in [7, 11) is 0. The minimum absolute atomic E-state index is 0.160. The van der Waals surface area contributed by atoms with Crippen molar-refractivity contribution in [3.8, 4) is 5.75 Å². The first kappa shape index (κ1) is 16.9. The fraction of sp³-hybridized carbons (Fsp3) is 0.316. The van der Waals surface area contributed by atoms with Crippen LogP contribution in [0.2, 0.25) is 0 Å². The molecule has 0 bridgehead atoms. The van der Waals surface area contributed by atoms with Gasteiger partial charge < -0.3 is 15.8 Å². The lowest BCUT2D eigenvalue weighted by Crippen LogP contribution is -2.13. The summed E-state index contributed by atoms with van der Waals surface area (Å²) < 4.78 is 5.70. The minimum atomic E-state index is -0.160. The zero-order valence-corrected chi connectivity index (χ0v) is 13.9. The molecule has 4 heteroatoms. The van der Waals surface area contributed by atoms with Crippen molar-refractivity contribution in [3.05, 3.63) is 53.6 Å². The van der Waals surface area contributed by atoms with Crippen LogP contribution in [-0.2, 0) is 0 Å². The maximum absolute atomic E-state index is 12.4. The lowest BCUT2D eigenvalue weighted by atomic mass is 10.1. The number of ether oxygens (including phenoxy) is 1. The molecule has 0 spiro atoms. The van der Waals surface area contributed by atoms with Gasteiger partial charge in [0.05, 0.1) is 6.61 Å². The highest BCUT2D eigenvalue weighted by atomic mass is 16.5. The maximum atomic E-state index is 12.4. The molecular weight excluding hydrogens is 288 g/mol. The van der Waals surface area contributed by atoms with Gasteiger partial charge in [-0.15, -0.1) is 0 Å². The largest absolute Gasteiger partial charge is 0.494 e. The van der Waals surface area contributed by atoms with Crippen LogP contribution in [0.3, 0.4) is 0 Å². The molecule has 3 N–H and O–H groups in total. The summed E-state index contributed by atoms with van der Waals surface area (Å²) in [4.78, 5) is 12.4. The summed E-state index contributed by atoms with van der Waals surface area (Å²) in [6.45, 7) is 6.88. The van der Waals surface area contributed by atoms with Crippen molar-refractivity contribution in [2.24, 2.45) is 5.92 Å². The van der Waals surface area contributed by atoms with Crippen LogP contribution in [0.1, 0.15) is 36.2 Å². The fourth-order valence-electron chi connectivity index (χ4n) is 2.16. The van der Waals surface area contributed by atoms with Crippen LogP contribution in [0, 0.1) is 12.8 Å². The highest BCUT2D eigenvalue weighted by Gasteiger charge is 2.09. The van der Waals surface area contributed by atoms with Gasteiger partial charge in [0.25, 0.3) is 5.91 Å². The second kappa shape index (κ2) is 7.68. The Morgan fingerprint density at radius 3 is 2.70 bits per heavy atom. The number of carbonyl (C=O) groups is 1. The Bertz CT molecular complexity index is 681. The second-order valence-electron chi connectivity index (χ2n) is 6.09. The number of anilines is 2. The van der Waals surface area contributed by atoms with Crippen LogP contribution in [0.4, 0.5) is 11.4 Å². The SMILES string of the molecule is Cc1cc(N)ccc1NC(=O)c1cccc(OCCC(C)C)c1. The van der Waals surface area contributed by atoms with E-state index in [4.69, 9.17) is 10.5 Å². The van der Waals surface area contributed by atoms with Gasteiger partial charge in [-0.1, -0.05) is 19.9 Å². The Kier molecular flexibility index (Phi) is 5.63. The lowest BCUT2D eigenvalue weighted by molar-refractivity contribution is 0.102. The van der Waals surface area contributed by atoms with E-state index in [2.05, 4.69) is 19.2 Å². The molecule has 0 saturated carbocycles. The molecule has 0 aliphatic heterocycles. The van der Waals surface area contributed by atoms with Gasteiger partial charge in [-0.05, 0) is 61.2 Å². The second-order valence-corrected chi connectivity index (χ2v) is 6.09. The third-order valence-corrected chi connectivity index (χ3v) is 3.56. The summed E-state index contributed by atoms with van der Waals surface area (Å²) in [6, 6.07) is 12.7. The Balaban J connectivity index is 2.04. The van der Waals surface area contributed by atoms with Crippen LogP contribution in [0.15, 0.2) is 42.5 Å². The van der Waals surface area contributed by atoms with E-state index in [1.807, 2.05) is 31.2 Å². The molecular formula is C19H24N2O2. The van der Waals surface area contributed by atoms with Gasteiger partial charge in [0.1, 0.15) is 5.75 Å². The minimum Gasteiger partial charge on any atom is -0.494 e. The lowest BCUT2D eigenvalue weighted by Gasteiger charge is -2.11. The summed E-state index contributed by atoms with van der Waals surface area (Å²) in [5, 5.41) is 2.91. The van der Waals surface area contributed by atoms with E-state index in [1.54, 1.807) is 18.2 Å².